The van der Waals surface area contributed by atoms with E-state index in [1.807, 2.05) is 0 Å². The smallest absolute Gasteiger partial charge is 0.0368 e. The molecule has 16 heavy (non-hydrogen) atoms. The third-order valence-electron chi connectivity index (χ3n) is 3.62. The Morgan fingerprint density at radius 3 is 2.50 bits per heavy atom. The van der Waals surface area contributed by atoms with Crippen LogP contribution in [0.1, 0.15) is 32.3 Å². The molecule has 0 amide bonds. The molecular weight excluding hydrogens is 196 g/mol. The second-order valence-corrected chi connectivity index (χ2v) is 5.05. The molecule has 1 aromatic rings. The van der Waals surface area contributed by atoms with Crippen molar-refractivity contribution in [3.63, 3.8) is 0 Å². The van der Waals surface area contributed by atoms with Gasteiger partial charge in [-0.3, -0.25) is 0 Å². The zero-order chi connectivity index (χ0) is 11.5. The van der Waals surface area contributed by atoms with Crippen LogP contribution >= 0.6 is 0 Å². The Balaban J connectivity index is 2.15. The van der Waals surface area contributed by atoms with Crippen LogP contribution in [0.2, 0.25) is 0 Å². The fourth-order valence-corrected chi connectivity index (χ4v) is 2.47. The molecule has 2 N–H and O–H groups in total. The van der Waals surface area contributed by atoms with Crippen molar-refractivity contribution < 1.29 is 0 Å². The number of hydrogen-bond donors (Lipinski definition) is 1. The molecule has 2 atom stereocenters. The van der Waals surface area contributed by atoms with Crippen molar-refractivity contribution in [3.8, 4) is 0 Å². The van der Waals surface area contributed by atoms with E-state index in [4.69, 9.17) is 5.73 Å². The third kappa shape index (κ3) is 2.38. The maximum atomic E-state index is 5.61. The van der Waals surface area contributed by atoms with Gasteiger partial charge < -0.3 is 10.6 Å². The van der Waals surface area contributed by atoms with Crippen LogP contribution in [0.3, 0.4) is 0 Å². The van der Waals surface area contributed by atoms with Gasteiger partial charge in [0, 0.05) is 24.8 Å². The Kier molecular flexibility index (Phi) is 3.49. The third-order valence-corrected chi connectivity index (χ3v) is 3.62. The molecule has 1 saturated heterocycles. The first kappa shape index (κ1) is 11.5. The minimum Gasteiger partial charge on any atom is -0.369 e. The van der Waals surface area contributed by atoms with Gasteiger partial charge in [0.1, 0.15) is 0 Å². The topological polar surface area (TPSA) is 29.3 Å². The highest BCUT2D eigenvalue weighted by atomic mass is 15.2. The van der Waals surface area contributed by atoms with E-state index in [-0.39, 0.29) is 0 Å². The number of piperidine rings is 1. The van der Waals surface area contributed by atoms with Crippen LogP contribution in [0, 0.1) is 5.92 Å². The summed E-state index contributed by atoms with van der Waals surface area (Å²) in [5, 5.41) is 0. The second-order valence-electron chi connectivity index (χ2n) is 5.05. The minimum atomic E-state index is 0.631. The van der Waals surface area contributed by atoms with E-state index in [9.17, 15) is 0 Å². The summed E-state index contributed by atoms with van der Waals surface area (Å²) in [5.41, 5.74) is 8.17. The Morgan fingerprint density at radius 2 is 1.88 bits per heavy atom. The lowest BCUT2D eigenvalue weighted by Gasteiger charge is -2.38. The largest absolute Gasteiger partial charge is 0.369 e. The number of hydrogen-bond acceptors (Lipinski definition) is 2. The fraction of sp³-hybridized carbons (Fsp3) is 0.571. The SMILES string of the molecule is CC1CCC(C)N(c2ccc(CN)cc2)C1. The van der Waals surface area contributed by atoms with Gasteiger partial charge >= 0.3 is 0 Å². The summed E-state index contributed by atoms with van der Waals surface area (Å²) in [6.07, 6.45) is 2.67. The molecule has 88 valence electrons. The summed E-state index contributed by atoms with van der Waals surface area (Å²) in [5.74, 6) is 0.811. The molecular formula is C14H22N2. The van der Waals surface area contributed by atoms with Crippen LogP contribution < -0.4 is 10.6 Å². The first-order chi connectivity index (χ1) is 7.70. The molecule has 1 heterocycles. The molecule has 1 aromatic carbocycles. The maximum Gasteiger partial charge on any atom is 0.0368 e. The number of nitrogens with zero attached hydrogens (tertiary/aromatic N) is 1. The van der Waals surface area contributed by atoms with Crippen molar-refractivity contribution in [3.05, 3.63) is 29.8 Å². The highest BCUT2D eigenvalue weighted by Crippen LogP contribution is 2.27. The molecule has 1 aliphatic heterocycles. The highest BCUT2D eigenvalue weighted by molar-refractivity contribution is 5.49. The second kappa shape index (κ2) is 4.88. The maximum absolute atomic E-state index is 5.61. The normalized spacial score (nSPS) is 25.8. The van der Waals surface area contributed by atoms with Crippen molar-refractivity contribution in [2.24, 2.45) is 11.7 Å². The predicted molar refractivity (Wildman–Crippen MR) is 69.5 cm³/mol. The first-order valence-electron chi connectivity index (χ1n) is 6.26. The van der Waals surface area contributed by atoms with Gasteiger partial charge in [-0.2, -0.15) is 0 Å². The van der Waals surface area contributed by atoms with Gasteiger partial charge in [0.25, 0.3) is 0 Å². The number of nitrogens with two attached hydrogens (primary N) is 1. The zero-order valence-corrected chi connectivity index (χ0v) is 10.3. The molecule has 2 unspecified atom stereocenters. The Bertz CT molecular complexity index is 331. The average molecular weight is 218 g/mol. The standard InChI is InChI=1S/C14H22N2/c1-11-3-4-12(2)16(10-11)14-7-5-13(9-15)6-8-14/h5-8,11-12H,3-4,9-10,15H2,1-2H3. The zero-order valence-electron chi connectivity index (χ0n) is 10.3. The number of benzene rings is 1. The van der Waals surface area contributed by atoms with Gasteiger partial charge in [-0.05, 0) is 43.4 Å². The van der Waals surface area contributed by atoms with Crippen LogP contribution in [0.25, 0.3) is 0 Å². The van der Waals surface area contributed by atoms with E-state index in [2.05, 4.69) is 43.0 Å². The Labute approximate surface area is 98.4 Å². The van der Waals surface area contributed by atoms with Crippen LogP contribution in [-0.2, 0) is 6.54 Å². The molecule has 1 aliphatic rings. The van der Waals surface area contributed by atoms with Crippen molar-refractivity contribution in [2.45, 2.75) is 39.3 Å². The molecule has 2 heteroatoms. The quantitative estimate of drug-likeness (QED) is 0.827. The molecule has 0 bridgehead atoms. The Morgan fingerprint density at radius 1 is 1.19 bits per heavy atom. The van der Waals surface area contributed by atoms with Gasteiger partial charge in [-0.25, -0.2) is 0 Å². The molecule has 2 rings (SSSR count). The van der Waals surface area contributed by atoms with Crippen LogP contribution in [0.15, 0.2) is 24.3 Å². The van der Waals surface area contributed by atoms with E-state index in [1.54, 1.807) is 0 Å². The molecule has 0 saturated carbocycles. The van der Waals surface area contributed by atoms with E-state index >= 15 is 0 Å². The van der Waals surface area contributed by atoms with Gasteiger partial charge in [0.05, 0.1) is 0 Å². The average Bonchev–Trinajstić information content (AvgIpc) is 2.32. The molecule has 0 aromatic heterocycles. The monoisotopic (exact) mass is 218 g/mol. The number of rotatable bonds is 2. The summed E-state index contributed by atoms with van der Waals surface area (Å²) in [6, 6.07) is 9.36. The van der Waals surface area contributed by atoms with Gasteiger partial charge in [-0.15, -0.1) is 0 Å². The van der Waals surface area contributed by atoms with E-state index < -0.39 is 0 Å². The molecule has 1 fully saturated rings. The van der Waals surface area contributed by atoms with Crippen LogP contribution in [-0.4, -0.2) is 12.6 Å². The van der Waals surface area contributed by atoms with Gasteiger partial charge in [0.15, 0.2) is 0 Å². The summed E-state index contributed by atoms with van der Waals surface area (Å²) in [7, 11) is 0. The minimum absolute atomic E-state index is 0.631. The van der Waals surface area contributed by atoms with Crippen molar-refractivity contribution in [2.75, 3.05) is 11.4 Å². The predicted octanol–water partition coefficient (Wildman–Crippen LogP) is 2.77. The number of anilines is 1. The van der Waals surface area contributed by atoms with Crippen molar-refractivity contribution >= 4 is 5.69 Å². The summed E-state index contributed by atoms with van der Waals surface area (Å²) in [6.45, 7) is 6.48. The molecule has 2 nitrogen and oxygen atoms in total. The first-order valence-corrected chi connectivity index (χ1v) is 6.26. The van der Waals surface area contributed by atoms with Crippen LogP contribution in [0.5, 0.6) is 0 Å². The fourth-order valence-electron chi connectivity index (χ4n) is 2.47. The van der Waals surface area contributed by atoms with E-state index in [1.165, 1.54) is 30.6 Å². The summed E-state index contributed by atoms with van der Waals surface area (Å²) >= 11 is 0. The van der Waals surface area contributed by atoms with Gasteiger partial charge in [-0.1, -0.05) is 19.1 Å². The highest BCUT2D eigenvalue weighted by Gasteiger charge is 2.22. The lowest BCUT2D eigenvalue weighted by Crippen LogP contribution is -2.41. The van der Waals surface area contributed by atoms with Crippen molar-refractivity contribution in [1.29, 1.82) is 0 Å². The lowest BCUT2D eigenvalue weighted by atomic mass is 9.94. The summed E-state index contributed by atoms with van der Waals surface area (Å²) < 4.78 is 0. The molecule has 0 aliphatic carbocycles. The molecule has 0 radical (unpaired) electrons. The summed E-state index contributed by atoms with van der Waals surface area (Å²) in [4.78, 5) is 2.52. The lowest BCUT2D eigenvalue weighted by molar-refractivity contribution is 0.390. The van der Waals surface area contributed by atoms with Crippen LogP contribution in [0.4, 0.5) is 5.69 Å². The van der Waals surface area contributed by atoms with Gasteiger partial charge in [0.2, 0.25) is 0 Å². The Hall–Kier alpha value is -1.02. The van der Waals surface area contributed by atoms with E-state index in [0.29, 0.717) is 12.6 Å². The molecule has 0 spiro atoms. The van der Waals surface area contributed by atoms with E-state index in [0.717, 1.165) is 5.92 Å². The van der Waals surface area contributed by atoms with Crippen molar-refractivity contribution in [1.82, 2.24) is 0 Å².